The van der Waals surface area contributed by atoms with Crippen LogP contribution in [0.2, 0.25) is 5.15 Å². The molecule has 1 aliphatic heterocycles. The zero-order valence-corrected chi connectivity index (χ0v) is 12.7. The molecule has 0 radical (unpaired) electrons. The summed E-state index contributed by atoms with van der Waals surface area (Å²) in [6, 6.07) is 7.20. The van der Waals surface area contributed by atoms with Crippen LogP contribution in [0.25, 0.3) is 22.6 Å². The van der Waals surface area contributed by atoms with E-state index in [9.17, 15) is 4.79 Å². The van der Waals surface area contributed by atoms with E-state index in [1.165, 1.54) is 0 Å². The molecule has 0 saturated carbocycles. The highest BCUT2D eigenvalue weighted by Gasteiger charge is 2.39. The summed E-state index contributed by atoms with van der Waals surface area (Å²) in [5, 5.41) is 3.26. The number of nitrogens with zero attached hydrogens (tertiary/aromatic N) is 2. The van der Waals surface area contributed by atoms with Crippen molar-refractivity contribution in [3.05, 3.63) is 41.2 Å². The zero-order chi connectivity index (χ0) is 15.5. The Morgan fingerprint density at radius 2 is 2.09 bits per heavy atom. The second-order valence-electron chi connectivity index (χ2n) is 5.83. The smallest absolute Gasteiger partial charge is 0.234 e. The molecule has 0 atom stereocenters. The molecule has 3 heterocycles. The fourth-order valence-electron chi connectivity index (χ4n) is 2.65. The minimum atomic E-state index is -0.567. The highest BCUT2D eigenvalue weighted by Crippen LogP contribution is 2.40. The first kappa shape index (κ1) is 13.3. The van der Waals surface area contributed by atoms with Gasteiger partial charge in [0.2, 0.25) is 11.8 Å². The van der Waals surface area contributed by atoms with Crippen LogP contribution in [-0.2, 0) is 10.2 Å². The van der Waals surface area contributed by atoms with E-state index >= 15 is 0 Å². The van der Waals surface area contributed by atoms with Gasteiger partial charge in [-0.1, -0.05) is 11.6 Å². The Kier molecular flexibility index (Phi) is 2.60. The summed E-state index contributed by atoms with van der Waals surface area (Å²) in [6.45, 7) is 3.78. The Hall–Kier alpha value is -2.40. The summed E-state index contributed by atoms with van der Waals surface area (Å²) in [5.41, 5.74) is 3.24. The van der Waals surface area contributed by atoms with Crippen molar-refractivity contribution in [3.8, 4) is 11.5 Å². The van der Waals surface area contributed by atoms with Gasteiger partial charge < -0.3 is 9.73 Å². The van der Waals surface area contributed by atoms with Crippen LogP contribution in [0.1, 0.15) is 19.4 Å². The Morgan fingerprint density at radius 1 is 1.27 bits per heavy atom. The van der Waals surface area contributed by atoms with Crippen molar-refractivity contribution < 1.29 is 9.21 Å². The van der Waals surface area contributed by atoms with E-state index in [0.717, 1.165) is 16.8 Å². The van der Waals surface area contributed by atoms with E-state index in [2.05, 4.69) is 15.3 Å². The van der Waals surface area contributed by atoms with Gasteiger partial charge in [0, 0.05) is 23.5 Å². The molecule has 1 aromatic carbocycles. The molecule has 2 aromatic heterocycles. The molecule has 22 heavy (non-hydrogen) atoms. The molecule has 0 spiro atoms. The van der Waals surface area contributed by atoms with E-state index in [4.69, 9.17) is 16.0 Å². The van der Waals surface area contributed by atoms with Gasteiger partial charge in [0.15, 0.2) is 5.58 Å². The highest BCUT2D eigenvalue weighted by molar-refractivity contribution is 6.29. The molecule has 1 aliphatic rings. The molecule has 4 rings (SSSR count). The van der Waals surface area contributed by atoms with Crippen molar-refractivity contribution in [2.24, 2.45) is 0 Å². The van der Waals surface area contributed by atoms with E-state index < -0.39 is 5.41 Å². The number of carbonyl (C=O) groups excluding carboxylic acids is 1. The normalized spacial score (nSPS) is 15.9. The maximum Gasteiger partial charge on any atom is 0.234 e. The summed E-state index contributed by atoms with van der Waals surface area (Å²) in [6.07, 6.45) is 1.61. The number of fused-ring (bicyclic) bond motifs is 2. The average Bonchev–Trinajstić information content (AvgIpc) is 2.97. The third kappa shape index (κ3) is 1.82. The number of carbonyl (C=O) groups is 1. The van der Waals surface area contributed by atoms with Gasteiger partial charge >= 0.3 is 0 Å². The Bertz CT molecular complexity index is 930. The van der Waals surface area contributed by atoms with E-state index in [-0.39, 0.29) is 5.91 Å². The molecule has 110 valence electrons. The Morgan fingerprint density at radius 3 is 2.86 bits per heavy atom. The first-order valence-electron chi connectivity index (χ1n) is 6.83. The zero-order valence-electron chi connectivity index (χ0n) is 12.0. The summed E-state index contributed by atoms with van der Waals surface area (Å²) in [7, 11) is 0. The van der Waals surface area contributed by atoms with Gasteiger partial charge in [0.1, 0.15) is 10.7 Å². The first-order valence-corrected chi connectivity index (χ1v) is 7.21. The van der Waals surface area contributed by atoms with Gasteiger partial charge in [0.25, 0.3) is 0 Å². The van der Waals surface area contributed by atoms with Crippen LogP contribution in [0.4, 0.5) is 5.69 Å². The molecule has 1 amide bonds. The topological polar surface area (TPSA) is 68.0 Å². The molecule has 0 fully saturated rings. The van der Waals surface area contributed by atoms with Crippen LogP contribution in [0.15, 0.2) is 34.9 Å². The van der Waals surface area contributed by atoms with E-state index in [1.54, 1.807) is 18.3 Å². The average molecular weight is 314 g/mol. The standard InChI is InChI=1S/C16H12ClN3O2/c1-16(2)9-6-11-12(7-10(9)20-15(16)21)22-14(19-11)8-3-4-18-13(17)5-8/h3-7H,1-2H3,(H,20,21). The van der Waals surface area contributed by atoms with Gasteiger partial charge in [0.05, 0.1) is 5.41 Å². The number of pyridine rings is 1. The lowest BCUT2D eigenvalue weighted by atomic mass is 9.86. The lowest BCUT2D eigenvalue weighted by molar-refractivity contribution is -0.119. The second-order valence-corrected chi connectivity index (χ2v) is 6.22. The summed E-state index contributed by atoms with van der Waals surface area (Å²) >= 11 is 5.90. The Labute approximate surface area is 131 Å². The number of oxazole rings is 1. The van der Waals surface area contributed by atoms with Gasteiger partial charge in [-0.3, -0.25) is 4.79 Å². The predicted octanol–water partition coefficient (Wildman–Crippen LogP) is 3.77. The van der Waals surface area contributed by atoms with Crippen molar-refractivity contribution in [2.75, 3.05) is 5.32 Å². The van der Waals surface area contributed by atoms with Crippen molar-refractivity contribution in [1.82, 2.24) is 9.97 Å². The van der Waals surface area contributed by atoms with Crippen molar-refractivity contribution >= 4 is 34.3 Å². The van der Waals surface area contributed by atoms with Crippen LogP contribution >= 0.6 is 11.6 Å². The number of nitrogens with one attached hydrogen (secondary N) is 1. The molecular formula is C16H12ClN3O2. The van der Waals surface area contributed by atoms with Crippen LogP contribution in [-0.4, -0.2) is 15.9 Å². The van der Waals surface area contributed by atoms with Crippen molar-refractivity contribution in [2.45, 2.75) is 19.3 Å². The van der Waals surface area contributed by atoms with E-state index in [0.29, 0.717) is 22.1 Å². The van der Waals surface area contributed by atoms with Gasteiger partial charge in [-0.2, -0.15) is 0 Å². The number of aromatic nitrogens is 2. The third-order valence-corrected chi connectivity index (χ3v) is 4.20. The third-order valence-electron chi connectivity index (χ3n) is 3.99. The molecule has 1 N–H and O–H groups in total. The number of halogens is 1. The highest BCUT2D eigenvalue weighted by atomic mass is 35.5. The minimum absolute atomic E-state index is 0.0173. The van der Waals surface area contributed by atoms with Crippen LogP contribution in [0.3, 0.4) is 0 Å². The quantitative estimate of drug-likeness (QED) is 0.694. The fraction of sp³-hybridized carbons (Fsp3) is 0.188. The summed E-state index contributed by atoms with van der Waals surface area (Å²) in [4.78, 5) is 20.4. The number of anilines is 1. The van der Waals surface area contributed by atoms with Crippen LogP contribution in [0.5, 0.6) is 0 Å². The predicted molar refractivity (Wildman–Crippen MR) is 83.9 cm³/mol. The van der Waals surface area contributed by atoms with Crippen LogP contribution in [0, 0.1) is 0 Å². The molecule has 0 saturated heterocycles. The number of hydrogen-bond donors (Lipinski definition) is 1. The Balaban J connectivity index is 1.89. The lowest BCUT2D eigenvalue weighted by Gasteiger charge is -2.14. The maximum atomic E-state index is 12.0. The summed E-state index contributed by atoms with van der Waals surface area (Å²) in [5.74, 6) is 0.461. The molecule has 0 unspecified atom stereocenters. The molecule has 3 aromatic rings. The molecule has 0 aliphatic carbocycles. The minimum Gasteiger partial charge on any atom is -0.436 e. The first-order chi connectivity index (χ1) is 10.4. The monoisotopic (exact) mass is 313 g/mol. The number of amides is 1. The van der Waals surface area contributed by atoms with Crippen molar-refractivity contribution in [3.63, 3.8) is 0 Å². The number of rotatable bonds is 1. The molecular weight excluding hydrogens is 302 g/mol. The van der Waals surface area contributed by atoms with E-state index in [1.807, 2.05) is 26.0 Å². The van der Waals surface area contributed by atoms with Crippen molar-refractivity contribution in [1.29, 1.82) is 0 Å². The fourth-order valence-corrected chi connectivity index (χ4v) is 2.83. The largest absolute Gasteiger partial charge is 0.436 e. The van der Waals surface area contributed by atoms with Crippen LogP contribution < -0.4 is 5.32 Å². The van der Waals surface area contributed by atoms with Gasteiger partial charge in [-0.05, 0) is 37.6 Å². The second kappa shape index (κ2) is 4.30. The lowest BCUT2D eigenvalue weighted by Crippen LogP contribution is -2.26. The number of benzene rings is 1. The SMILES string of the molecule is CC1(C)C(=O)Nc2cc3oc(-c4ccnc(Cl)c4)nc3cc21. The number of hydrogen-bond acceptors (Lipinski definition) is 4. The van der Waals surface area contributed by atoms with Gasteiger partial charge in [-0.15, -0.1) is 0 Å². The summed E-state index contributed by atoms with van der Waals surface area (Å²) < 4.78 is 5.79. The molecule has 0 bridgehead atoms. The molecule has 5 nitrogen and oxygen atoms in total. The van der Waals surface area contributed by atoms with Gasteiger partial charge in [-0.25, -0.2) is 9.97 Å². The maximum absolute atomic E-state index is 12.0. The molecule has 6 heteroatoms.